The molecule has 9 heteroatoms. The standard InChI is InChI=1S/C29H36F2N6O/c1-6-18(2)37-11-12-38-27-22(30)13-21(14-24(27)37)26-23(31)17-33-28(35-26)34-25-8-7-20(16-32-25)19-9-10-36(5)29(3,4)15-19/h7-8,13-14,16-19H,6,9-12,15H2,1-5H3,(H,32,33,34,35). The van der Waals surface area contributed by atoms with Gasteiger partial charge in [-0.25, -0.2) is 23.7 Å². The number of rotatable bonds is 6. The van der Waals surface area contributed by atoms with Gasteiger partial charge < -0.3 is 19.9 Å². The summed E-state index contributed by atoms with van der Waals surface area (Å²) in [5, 5.41) is 3.07. The summed E-state index contributed by atoms with van der Waals surface area (Å²) in [4.78, 5) is 17.6. The van der Waals surface area contributed by atoms with Crippen LogP contribution in [0.4, 0.5) is 26.2 Å². The van der Waals surface area contributed by atoms with E-state index in [0.717, 1.165) is 32.0 Å². The summed E-state index contributed by atoms with van der Waals surface area (Å²) in [6, 6.07) is 7.18. The fourth-order valence-corrected chi connectivity index (χ4v) is 5.38. The third-order valence-electron chi connectivity index (χ3n) is 8.14. The number of piperidine rings is 1. The Labute approximate surface area is 223 Å². The molecule has 202 valence electrons. The van der Waals surface area contributed by atoms with Gasteiger partial charge in [0.1, 0.15) is 18.1 Å². The average molecular weight is 523 g/mol. The Kier molecular flexibility index (Phi) is 7.22. The minimum absolute atomic E-state index is 0.0176. The Morgan fingerprint density at radius 2 is 1.95 bits per heavy atom. The Morgan fingerprint density at radius 3 is 2.66 bits per heavy atom. The molecule has 4 heterocycles. The molecular formula is C29H36F2N6O. The van der Waals surface area contributed by atoms with E-state index in [0.29, 0.717) is 36.1 Å². The molecule has 1 fully saturated rings. The molecule has 3 aromatic rings. The van der Waals surface area contributed by atoms with Crippen molar-refractivity contribution in [2.45, 2.75) is 64.5 Å². The van der Waals surface area contributed by atoms with Gasteiger partial charge in [-0.15, -0.1) is 0 Å². The van der Waals surface area contributed by atoms with Gasteiger partial charge in [0.25, 0.3) is 0 Å². The first-order chi connectivity index (χ1) is 18.2. The molecule has 2 unspecified atom stereocenters. The molecule has 0 radical (unpaired) electrons. The first kappa shape index (κ1) is 26.3. The molecule has 38 heavy (non-hydrogen) atoms. The van der Waals surface area contributed by atoms with Crippen molar-refractivity contribution >= 4 is 17.5 Å². The lowest BCUT2D eigenvalue weighted by Crippen LogP contribution is -2.46. The highest BCUT2D eigenvalue weighted by atomic mass is 19.1. The van der Waals surface area contributed by atoms with E-state index >= 15 is 4.39 Å². The number of aromatic nitrogens is 3. The molecule has 7 nitrogen and oxygen atoms in total. The van der Waals surface area contributed by atoms with E-state index in [4.69, 9.17) is 4.74 Å². The predicted octanol–water partition coefficient (Wildman–Crippen LogP) is 6.15. The third kappa shape index (κ3) is 5.16. The van der Waals surface area contributed by atoms with Crippen molar-refractivity contribution in [1.82, 2.24) is 19.9 Å². The summed E-state index contributed by atoms with van der Waals surface area (Å²) in [5.74, 6) is 0.240. The summed E-state index contributed by atoms with van der Waals surface area (Å²) in [7, 11) is 2.17. The van der Waals surface area contributed by atoms with Crippen LogP contribution in [0.1, 0.15) is 58.4 Å². The minimum atomic E-state index is -0.630. The van der Waals surface area contributed by atoms with Gasteiger partial charge in [0.05, 0.1) is 18.4 Å². The predicted molar refractivity (Wildman–Crippen MR) is 146 cm³/mol. The lowest BCUT2D eigenvalue weighted by Gasteiger charge is -2.43. The topological polar surface area (TPSA) is 66.4 Å². The first-order valence-corrected chi connectivity index (χ1v) is 13.4. The smallest absolute Gasteiger partial charge is 0.229 e. The summed E-state index contributed by atoms with van der Waals surface area (Å²) in [6.07, 6.45) is 6.04. The number of hydrogen-bond donors (Lipinski definition) is 1. The number of fused-ring (bicyclic) bond motifs is 1. The number of likely N-dealkylation sites (tertiary alicyclic amines) is 1. The molecule has 1 saturated heterocycles. The summed E-state index contributed by atoms with van der Waals surface area (Å²) in [6.45, 7) is 10.8. The fourth-order valence-electron chi connectivity index (χ4n) is 5.38. The molecule has 0 spiro atoms. The van der Waals surface area contributed by atoms with Crippen LogP contribution in [0.15, 0.2) is 36.7 Å². The molecule has 0 aliphatic carbocycles. The Bertz CT molecular complexity index is 1300. The van der Waals surface area contributed by atoms with Gasteiger partial charge in [0.2, 0.25) is 5.95 Å². The van der Waals surface area contributed by atoms with E-state index in [9.17, 15) is 4.39 Å². The molecule has 0 saturated carbocycles. The summed E-state index contributed by atoms with van der Waals surface area (Å²) in [5.41, 5.74) is 2.31. The van der Waals surface area contributed by atoms with Crippen LogP contribution >= 0.6 is 0 Å². The second-order valence-corrected chi connectivity index (χ2v) is 11.0. The number of pyridine rings is 1. The number of nitrogens with one attached hydrogen (secondary N) is 1. The highest BCUT2D eigenvalue weighted by Crippen LogP contribution is 2.40. The highest BCUT2D eigenvalue weighted by molar-refractivity contribution is 5.73. The van der Waals surface area contributed by atoms with Crippen LogP contribution in [-0.2, 0) is 0 Å². The van der Waals surface area contributed by atoms with E-state index in [1.165, 1.54) is 11.6 Å². The molecular weight excluding hydrogens is 486 g/mol. The highest BCUT2D eigenvalue weighted by Gasteiger charge is 2.33. The maximum atomic E-state index is 15.1. The average Bonchev–Trinajstić information content (AvgIpc) is 2.91. The third-order valence-corrected chi connectivity index (χ3v) is 8.14. The lowest BCUT2D eigenvalue weighted by molar-refractivity contribution is 0.0941. The summed E-state index contributed by atoms with van der Waals surface area (Å²) < 4.78 is 35.5. The van der Waals surface area contributed by atoms with Crippen LogP contribution < -0.4 is 15.0 Å². The van der Waals surface area contributed by atoms with Crippen LogP contribution in [0.5, 0.6) is 5.75 Å². The van der Waals surface area contributed by atoms with Crippen LogP contribution in [-0.4, -0.2) is 58.2 Å². The molecule has 0 bridgehead atoms. The molecule has 5 rings (SSSR count). The van der Waals surface area contributed by atoms with Crippen molar-refractivity contribution < 1.29 is 13.5 Å². The van der Waals surface area contributed by atoms with E-state index in [1.54, 1.807) is 6.07 Å². The number of halogens is 2. The van der Waals surface area contributed by atoms with Crippen molar-refractivity contribution in [1.29, 1.82) is 0 Å². The van der Waals surface area contributed by atoms with Gasteiger partial charge in [0.15, 0.2) is 17.4 Å². The SMILES string of the molecule is CCC(C)N1CCOc2c(F)cc(-c3nc(Nc4ccc(C5CCN(C)C(C)(C)C5)cn4)ncc3F)cc21. The fraction of sp³-hybridized carbons (Fsp3) is 0.483. The normalized spacial score (nSPS) is 20.0. The maximum Gasteiger partial charge on any atom is 0.229 e. The quantitative estimate of drug-likeness (QED) is 0.417. The molecule has 2 aliphatic rings. The van der Waals surface area contributed by atoms with Gasteiger partial charge in [0, 0.05) is 23.3 Å². The maximum absolute atomic E-state index is 15.1. The van der Waals surface area contributed by atoms with Crippen molar-refractivity contribution in [3.05, 3.63) is 53.9 Å². The van der Waals surface area contributed by atoms with Gasteiger partial charge in [-0.2, -0.15) is 0 Å². The number of hydrogen-bond acceptors (Lipinski definition) is 7. The second-order valence-electron chi connectivity index (χ2n) is 11.0. The van der Waals surface area contributed by atoms with Crippen molar-refractivity contribution in [3.8, 4) is 17.0 Å². The van der Waals surface area contributed by atoms with Crippen molar-refractivity contribution in [2.24, 2.45) is 0 Å². The molecule has 2 atom stereocenters. The van der Waals surface area contributed by atoms with Crippen LogP contribution in [0.2, 0.25) is 0 Å². The first-order valence-electron chi connectivity index (χ1n) is 13.4. The zero-order valence-electron chi connectivity index (χ0n) is 22.8. The molecule has 2 aliphatic heterocycles. The van der Waals surface area contributed by atoms with Gasteiger partial charge in [-0.1, -0.05) is 13.0 Å². The zero-order valence-corrected chi connectivity index (χ0v) is 22.8. The lowest BCUT2D eigenvalue weighted by atomic mass is 9.80. The van der Waals surface area contributed by atoms with Gasteiger partial charge in [-0.3, -0.25) is 0 Å². The zero-order chi connectivity index (χ0) is 27.0. The number of benzene rings is 1. The molecule has 1 aromatic carbocycles. The monoisotopic (exact) mass is 522 g/mol. The number of ether oxygens (including phenoxy) is 1. The Hall–Kier alpha value is -3.33. The van der Waals surface area contributed by atoms with Crippen LogP contribution in [0, 0.1) is 11.6 Å². The van der Waals surface area contributed by atoms with Crippen LogP contribution in [0.3, 0.4) is 0 Å². The van der Waals surface area contributed by atoms with Crippen LogP contribution in [0.25, 0.3) is 11.3 Å². The van der Waals surface area contributed by atoms with E-state index in [-0.39, 0.29) is 29.0 Å². The van der Waals surface area contributed by atoms with Gasteiger partial charge >= 0.3 is 0 Å². The molecule has 2 aromatic heterocycles. The van der Waals surface area contributed by atoms with Crippen molar-refractivity contribution in [2.75, 3.05) is 37.0 Å². The number of anilines is 3. The Balaban J connectivity index is 1.38. The number of nitrogens with zero attached hydrogens (tertiary/aromatic N) is 5. The van der Waals surface area contributed by atoms with E-state index < -0.39 is 11.6 Å². The van der Waals surface area contributed by atoms with Gasteiger partial charge in [-0.05, 0) is 83.3 Å². The minimum Gasteiger partial charge on any atom is -0.486 e. The van der Waals surface area contributed by atoms with E-state index in [2.05, 4.69) is 70.9 Å². The Morgan fingerprint density at radius 1 is 1.13 bits per heavy atom. The molecule has 1 N–H and O–H groups in total. The molecule has 0 amide bonds. The second kappa shape index (κ2) is 10.4. The van der Waals surface area contributed by atoms with Crippen molar-refractivity contribution in [3.63, 3.8) is 0 Å². The van der Waals surface area contributed by atoms with E-state index in [1.807, 2.05) is 12.3 Å². The summed E-state index contributed by atoms with van der Waals surface area (Å²) >= 11 is 0. The largest absolute Gasteiger partial charge is 0.486 e.